The first kappa shape index (κ1) is 18.1. The van der Waals surface area contributed by atoms with Crippen LogP contribution >= 0.6 is 12.4 Å². The van der Waals surface area contributed by atoms with Gasteiger partial charge in [0.05, 0.1) is 13.5 Å². The number of halogens is 1. The molecule has 2 fully saturated rings. The number of methoxy groups -OCH3 is 1. The van der Waals surface area contributed by atoms with Crippen molar-refractivity contribution in [3.05, 3.63) is 29.3 Å². The molecule has 5 heteroatoms. The number of nitrogens with zero attached hydrogens (tertiary/aromatic N) is 1. The van der Waals surface area contributed by atoms with Gasteiger partial charge >= 0.3 is 0 Å². The van der Waals surface area contributed by atoms with Crippen LogP contribution in [0.15, 0.2) is 18.2 Å². The van der Waals surface area contributed by atoms with Crippen molar-refractivity contribution < 1.29 is 9.53 Å². The third-order valence-corrected chi connectivity index (χ3v) is 5.22. The number of nitrogens with one attached hydrogen (secondary N) is 1. The molecule has 0 aliphatic carbocycles. The molecule has 2 aliphatic heterocycles. The monoisotopic (exact) mass is 338 g/mol. The van der Waals surface area contributed by atoms with Crippen molar-refractivity contribution in [1.82, 2.24) is 10.2 Å². The van der Waals surface area contributed by atoms with E-state index in [-0.39, 0.29) is 18.3 Å². The highest BCUT2D eigenvalue weighted by atomic mass is 35.5. The van der Waals surface area contributed by atoms with Crippen molar-refractivity contribution in [3.8, 4) is 5.75 Å². The van der Waals surface area contributed by atoms with Crippen LogP contribution in [0.3, 0.4) is 0 Å². The number of benzene rings is 1. The molecule has 2 saturated heterocycles. The molecular weight excluding hydrogens is 312 g/mol. The molecule has 23 heavy (non-hydrogen) atoms. The highest BCUT2D eigenvalue weighted by Gasteiger charge is 2.36. The Morgan fingerprint density at radius 1 is 1.30 bits per heavy atom. The number of piperidine rings is 1. The number of fused-ring (bicyclic) bond motifs is 2. The molecule has 2 heterocycles. The van der Waals surface area contributed by atoms with Gasteiger partial charge in [-0.1, -0.05) is 12.1 Å². The number of amides is 1. The molecule has 0 saturated carbocycles. The van der Waals surface area contributed by atoms with Gasteiger partial charge in [-0.15, -0.1) is 12.4 Å². The van der Waals surface area contributed by atoms with Gasteiger partial charge in [0.25, 0.3) is 0 Å². The molecular formula is C18H27ClN2O2. The van der Waals surface area contributed by atoms with E-state index in [9.17, 15) is 4.79 Å². The predicted molar refractivity (Wildman–Crippen MR) is 94.4 cm³/mol. The van der Waals surface area contributed by atoms with Crippen molar-refractivity contribution in [3.63, 3.8) is 0 Å². The lowest BCUT2D eigenvalue weighted by atomic mass is 9.98. The molecule has 1 amide bonds. The highest BCUT2D eigenvalue weighted by molar-refractivity contribution is 5.85. The van der Waals surface area contributed by atoms with Gasteiger partial charge in [-0.2, -0.15) is 0 Å². The third kappa shape index (κ3) is 3.99. The number of aryl methyl sites for hydroxylation is 1. The Kier molecular flexibility index (Phi) is 5.93. The Balaban J connectivity index is 0.00000192. The second-order valence-corrected chi connectivity index (χ2v) is 6.75. The zero-order chi connectivity index (χ0) is 15.7. The summed E-state index contributed by atoms with van der Waals surface area (Å²) in [6.07, 6.45) is 5.16. The van der Waals surface area contributed by atoms with E-state index in [0.29, 0.717) is 24.5 Å². The fourth-order valence-electron chi connectivity index (χ4n) is 3.82. The SMILES string of the molecule is COc1cc(CC(=O)N(C)C2CC3CCC(C2)N3)ccc1C.Cl. The topological polar surface area (TPSA) is 41.6 Å². The lowest BCUT2D eigenvalue weighted by molar-refractivity contribution is -0.131. The maximum absolute atomic E-state index is 12.6. The van der Waals surface area contributed by atoms with E-state index in [4.69, 9.17) is 4.74 Å². The minimum absolute atomic E-state index is 0. The van der Waals surface area contributed by atoms with Gasteiger partial charge in [0, 0.05) is 25.2 Å². The van der Waals surface area contributed by atoms with Gasteiger partial charge in [-0.05, 0) is 49.8 Å². The minimum atomic E-state index is 0. The second kappa shape index (κ2) is 7.54. The number of hydrogen-bond donors (Lipinski definition) is 1. The van der Waals surface area contributed by atoms with E-state index < -0.39 is 0 Å². The third-order valence-electron chi connectivity index (χ3n) is 5.22. The maximum Gasteiger partial charge on any atom is 0.226 e. The fraction of sp³-hybridized carbons (Fsp3) is 0.611. The lowest BCUT2D eigenvalue weighted by Gasteiger charge is -2.35. The van der Waals surface area contributed by atoms with Crippen LogP contribution in [0.5, 0.6) is 5.75 Å². The standard InChI is InChI=1S/C18H26N2O2.ClH/c1-12-4-5-13(8-17(12)22-3)9-18(21)20(2)16-10-14-6-7-15(11-16)19-14;/h4-5,8,14-16,19H,6-7,9-11H2,1-3H3;1H. The summed E-state index contributed by atoms with van der Waals surface area (Å²) in [5.74, 6) is 1.06. The highest BCUT2D eigenvalue weighted by Crippen LogP contribution is 2.29. The Hall–Kier alpha value is -1.26. The Morgan fingerprint density at radius 3 is 2.57 bits per heavy atom. The lowest BCUT2D eigenvalue weighted by Crippen LogP contribution is -2.49. The van der Waals surface area contributed by atoms with Gasteiger partial charge < -0.3 is 15.0 Å². The number of likely N-dealkylation sites (N-methyl/N-ethyl adjacent to an activating group) is 1. The zero-order valence-corrected chi connectivity index (χ0v) is 15.0. The summed E-state index contributed by atoms with van der Waals surface area (Å²) in [5, 5.41) is 3.63. The maximum atomic E-state index is 12.6. The van der Waals surface area contributed by atoms with Crippen molar-refractivity contribution in [2.75, 3.05) is 14.2 Å². The van der Waals surface area contributed by atoms with Crippen molar-refractivity contribution in [2.24, 2.45) is 0 Å². The molecule has 1 N–H and O–H groups in total. The first-order valence-corrected chi connectivity index (χ1v) is 8.22. The van der Waals surface area contributed by atoms with Crippen LogP contribution in [0.2, 0.25) is 0 Å². The van der Waals surface area contributed by atoms with Crippen molar-refractivity contribution in [1.29, 1.82) is 0 Å². The van der Waals surface area contributed by atoms with E-state index in [1.54, 1.807) is 7.11 Å². The van der Waals surface area contributed by atoms with Crippen LogP contribution in [0.1, 0.15) is 36.8 Å². The quantitative estimate of drug-likeness (QED) is 0.917. The average molecular weight is 339 g/mol. The molecule has 128 valence electrons. The van der Waals surface area contributed by atoms with Gasteiger partial charge in [-0.3, -0.25) is 4.79 Å². The van der Waals surface area contributed by atoms with Crippen LogP contribution in [0.25, 0.3) is 0 Å². The zero-order valence-electron chi connectivity index (χ0n) is 14.2. The second-order valence-electron chi connectivity index (χ2n) is 6.75. The summed E-state index contributed by atoms with van der Waals surface area (Å²) in [6, 6.07) is 7.63. The normalized spacial score (nSPS) is 25.6. The Labute approximate surface area is 145 Å². The van der Waals surface area contributed by atoms with Crippen LogP contribution < -0.4 is 10.1 Å². The summed E-state index contributed by atoms with van der Waals surface area (Å²) in [4.78, 5) is 14.6. The largest absolute Gasteiger partial charge is 0.496 e. The molecule has 0 spiro atoms. The first-order valence-electron chi connectivity index (χ1n) is 8.22. The van der Waals surface area contributed by atoms with E-state index >= 15 is 0 Å². The molecule has 1 aromatic rings. The number of carbonyl (C=O) groups is 1. The summed E-state index contributed by atoms with van der Waals surface area (Å²) in [5.41, 5.74) is 2.12. The van der Waals surface area contributed by atoms with Crippen LogP contribution in [0, 0.1) is 6.92 Å². The molecule has 2 bridgehead atoms. The first-order chi connectivity index (χ1) is 10.6. The molecule has 3 rings (SSSR count). The van der Waals surface area contributed by atoms with Gasteiger partial charge in [0.1, 0.15) is 5.75 Å². The molecule has 0 radical (unpaired) electrons. The number of rotatable bonds is 4. The van der Waals surface area contributed by atoms with E-state index in [2.05, 4.69) is 5.32 Å². The predicted octanol–water partition coefficient (Wildman–Crippen LogP) is 2.71. The van der Waals surface area contributed by atoms with Crippen molar-refractivity contribution in [2.45, 2.75) is 57.2 Å². The summed E-state index contributed by atoms with van der Waals surface area (Å²) < 4.78 is 5.35. The van der Waals surface area contributed by atoms with Crippen LogP contribution in [-0.4, -0.2) is 43.1 Å². The molecule has 1 aromatic carbocycles. The van der Waals surface area contributed by atoms with Crippen molar-refractivity contribution >= 4 is 18.3 Å². The Bertz CT molecular complexity index is 552. The Morgan fingerprint density at radius 2 is 1.96 bits per heavy atom. The van der Waals surface area contributed by atoms with Gasteiger partial charge in [-0.25, -0.2) is 0 Å². The fourth-order valence-corrected chi connectivity index (χ4v) is 3.82. The number of hydrogen-bond acceptors (Lipinski definition) is 3. The molecule has 4 nitrogen and oxygen atoms in total. The molecule has 2 atom stereocenters. The average Bonchev–Trinajstić information content (AvgIpc) is 2.86. The summed E-state index contributed by atoms with van der Waals surface area (Å²) in [6.45, 7) is 2.02. The number of ether oxygens (including phenoxy) is 1. The molecule has 2 aliphatic rings. The van der Waals surface area contributed by atoms with E-state index in [0.717, 1.165) is 29.7 Å². The summed E-state index contributed by atoms with van der Waals surface area (Å²) in [7, 11) is 3.63. The van der Waals surface area contributed by atoms with E-state index in [1.807, 2.05) is 37.1 Å². The number of carbonyl (C=O) groups excluding carboxylic acids is 1. The summed E-state index contributed by atoms with van der Waals surface area (Å²) >= 11 is 0. The van der Waals surface area contributed by atoms with Crippen LogP contribution in [0.4, 0.5) is 0 Å². The van der Waals surface area contributed by atoms with E-state index in [1.165, 1.54) is 12.8 Å². The minimum Gasteiger partial charge on any atom is -0.496 e. The van der Waals surface area contributed by atoms with Gasteiger partial charge in [0.2, 0.25) is 5.91 Å². The smallest absolute Gasteiger partial charge is 0.226 e. The van der Waals surface area contributed by atoms with Gasteiger partial charge in [0.15, 0.2) is 0 Å². The molecule has 2 unspecified atom stereocenters. The van der Waals surface area contributed by atoms with Crippen LogP contribution in [-0.2, 0) is 11.2 Å². The molecule has 0 aromatic heterocycles.